The van der Waals surface area contributed by atoms with Crippen LogP contribution in [-0.2, 0) is 35.2 Å². The molecule has 246 valence electrons. The fourth-order valence-corrected chi connectivity index (χ4v) is 6.40. The molecule has 3 aliphatic heterocycles. The number of nitrogens with one attached hydrogen (secondary N) is 3. The number of piperidine rings is 1. The number of nitrogens with zero attached hydrogens (tertiary/aromatic N) is 3. The van der Waals surface area contributed by atoms with Gasteiger partial charge in [-0.1, -0.05) is 44.2 Å². The van der Waals surface area contributed by atoms with Crippen molar-refractivity contribution in [3.63, 3.8) is 0 Å². The number of likely N-dealkylation sites (tertiary alicyclic amines) is 1. The molecule has 3 aliphatic rings. The Morgan fingerprint density at radius 3 is 2.27 bits per heavy atom. The van der Waals surface area contributed by atoms with Crippen molar-refractivity contribution in [1.29, 1.82) is 0 Å². The Hall–Kier alpha value is -4.00. The molecule has 4 rings (SSSR count). The maximum atomic E-state index is 13.8. The van der Waals surface area contributed by atoms with E-state index < -0.39 is 47.8 Å². The van der Waals surface area contributed by atoms with Crippen LogP contribution in [0.25, 0.3) is 0 Å². The highest BCUT2D eigenvalue weighted by atomic mass is 16.2. The lowest BCUT2D eigenvalue weighted by atomic mass is 9.96. The molecule has 0 radical (unpaired) electrons. The van der Waals surface area contributed by atoms with E-state index in [9.17, 15) is 28.8 Å². The molecule has 4 atom stereocenters. The van der Waals surface area contributed by atoms with Crippen molar-refractivity contribution in [2.24, 2.45) is 17.6 Å². The van der Waals surface area contributed by atoms with Crippen molar-refractivity contribution < 1.29 is 28.8 Å². The third-order valence-corrected chi connectivity index (χ3v) is 8.98. The summed E-state index contributed by atoms with van der Waals surface area (Å²) in [5, 5.41) is 8.67. The van der Waals surface area contributed by atoms with Crippen molar-refractivity contribution in [1.82, 2.24) is 30.7 Å². The lowest BCUT2D eigenvalue weighted by molar-refractivity contribution is -0.142. The van der Waals surface area contributed by atoms with Gasteiger partial charge in [-0.3, -0.25) is 33.7 Å². The van der Waals surface area contributed by atoms with Crippen LogP contribution in [0.4, 0.5) is 0 Å². The van der Waals surface area contributed by atoms with Crippen LogP contribution >= 0.6 is 0 Å². The molecule has 45 heavy (non-hydrogen) atoms. The van der Waals surface area contributed by atoms with E-state index in [1.165, 1.54) is 9.80 Å². The number of benzene rings is 1. The summed E-state index contributed by atoms with van der Waals surface area (Å²) < 4.78 is 0. The van der Waals surface area contributed by atoms with Crippen LogP contribution in [0, 0.1) is 11.8 Å². The van der Waals surface area contributed by atoms with Crippen LogP contribution in [0.5, 0.6) is 0 Å². The number of carbonyl (C=O) groups is 6. The third kappa shape index (κ3) is 9.03. The van der Waals surface area contributed by atoms with Crippen LogP contribution in [0.15, 0.2) is 30.3 Å². The first-order chi connectivity index (χ1) is 21.4. The third-order valence-electron chi connectivity index (χ3n) is 8.98. The van der Waals surface area contributed by atoms with Gasteiger partial charge >= 0.3 is 0 Å². The van der Waals surface area contributed by atoms with Crippen molar-refractivity contribution in [3.8, 4) is 0 Å². The second kappa shape index (κ2) is 15.3. The van der Waals surface area contributed by atoms with Gasteiger partial charge in [-0.25, -0.2) is 0 Å². The molecule has 13 heteroatoms. The Labute approximate surface area is 264 Å². The summed E-state index contributed by atoms with van der Waals surface area (Å²) in [5.74, 6) is -2.85. The minimum absolute atomic E-state index is 0.0272. The zero-order chi connectivity index (χ0) is 32.7. The number of carbonyl (C=O) groups excluding carboxylic acids is 6. The summed E-state index contributed by atoms with van der Waals surface area (Å²) in [6.45, 7) is 6.38. The Balaban J connectivity index is 1.62. The molecule has 13 nitrogen and oxygen atoms in total. The van der Waals surface area contributed by atoms with Gasteiger partial charge in [0.15, 0.2) is 0 Å². The highest BCUT2D eigenvalue weighted by Gasteiger charge is 2.39. The van der Waals surface area contributed by atoms with Crippen LogP contribution in [-0.4, -0.2) is 114 Å². The van der Waals surface area contributed by atoms with Crippen LogP contribution in [0.3, 0.4) is 0 Å². The molecule has 1 aromatic carbocycles. The van der Waals surface area contributed by atoms with E-state index in [0.717, 1.165) is 5.56 Å². The van der Waals surface area contributed by atoms with E-state index in [2.05, 4.69) is 16.0 Å². The summed E-state index contributed by atoms with van der Waals surface area (Å²) in [4.78, 5) is 84.1. The van der Waals surface area contributed by atoms with E-state index >= 15 is 0 Å². The minimum Gasteiger partial charge on any atom is -0.369 e. The first-order valence-corrected chi connectivity index (χ1v) is 16.0. The monoisotopic (exact) mass is 625 g/mol. The molecule has 0 saturated carbocycles. The highest BCUT2D eigenvalue weighted by molar-refractivity contribution is 5.95. The predicted molar refractivity (Wildman–Crippen MR) is 166 cm³/mol. The second-order valence-corrected chi connectivity index (χ2v) is 12.8. The SMILES string of the molecule is CC(C)[C@@H]1NC(=O)[C@H]2CCCN2C(=O)[C@H](C)NC(=O)CN(C(=O)CN2CCC(C(N)=O)CC2)C[C@H](Cc2ccccc2)NC1=O. The van der Waals surface area contributed by atoms with E-state index in [1.54, 1.807) is 6.92 Å². The quantitative estimate of drug-likeness (QED) is 0.326. The van der Waals surface area contributed by atoms with Crippen LogP contribution < -0.4 is 21.7 Å². The lowest BCUT2D eigenvalue weighted by Gasteiger charge is -2.34. The summed E-state index contributed by atoms with van der Waals surface area (Å²) in [6, 6.07) is 6.40. The van der Waals surface area contributed by atoms with Gasteiger partial charge in [-0.05, 0) is 63.6 Å². The maximum absolute atomic E-state index is 13.8. The standard InChI is InChI=1S/C32H47N7O6/c1-20(2)28-31(44)35-24(16-22-8-5-4-6-9-22)17-38(27(41)19-37-14-11-23(12-15-37)29(33)42)18-26(40)34-21(3)32(45)39-13-7-10-25(39)30(43)36-28/h4-6,8-9,20-21,23-25,28H,7,10-19H2,1-3H3,(H2,33,42)(H,34,40)(H,35,44)(H,36,43)/t21-,24-,25+,28-/m0/s1. The Bertz CT molecular complexity index is 1250. The van der Waals surface area contributed by atoms with Gasteiger partial charge in [-0.2, -0.15) is 0 Å². The molecule has 5 N–H and O–H groups in total. The second-order valence-electron chi connectivity index (χ2n) is 12.8. The number of primary amides is 1. The molecule has 0 bridgehead atoms. The molecular weight excluding hydrogens is 578 g/mol. The summed E-state index contributed by atoms with van der Waals surface area (Å²) in [7, 11) is 0. The molecule has 3 heterocycles. The fraction of sp³-hybridized carbons (Fsp3) is 0.625. The summed E-state index contributed by atoms with van der Waals surface area (Å²) >= 11 is 0. The lowest BCUT2D eigenvalue weighted by Crippen LogP contribution is -2.58. The van der Waals surface area contributed by atoms with Crippen LogP contribution in [0.1, 0.15) is 52.0 Å². The molecule has 3 fully saturated rings. The van der Waals surface area contributed by atoms with E-state index in [-0.39, 0.29) is 43.3 Å². The topological polar surface area (TPSA) is 174 Å². The zero-order valence-electron chi connectivity index (χ0n) is 26.5. The molecule has 1 aromatic rings. The molecular formula is C32H47N7O6. The normalized spacial score (nSPS) is 26.4. The van der Waals surface area contributed by atoms with Gasteiger partial charge < -0.3 is 31.5 Å². The van der Waals surface area contributed by atoms with Crippen molar-refractivity contribution in [3.05, 3.63) is 35.9 Å². The molecule has 0 aromatic heterocycles. The number of amides is 6. The Morgan fingerprint density at radius 2 is 1.62 bits per heavy atom. The number of fused-ring (bicyclic) bond motifs is 1. The molecule has 6 amide bonds. The summed E-state index contributed by atoms with van der Waals surface area (Å²) in [6.07, 6.45) is 2.57. The molecule has 3 saturated heterocycles. The first-order valence-electron chi connectivity index (χ1n) is 16.0. The molecule has 0 unspecified atom stereocenters. The molecule has 0 spiro atoms. The Kier molecular flexibility index (Phi) is 11.5. The summed E-state index contributed by atoms with van der Waals surface area (Å²) in [5.41, 5.74) is 6.40. The van der Waals surface area contributed by atoms with Crippen molar-refractivity contribution in [2.75, 3.05) is 39.3 Å². The number of nitrogens with two attached hydrogens (primary N) is 1. The van der Waals surface area contributed by atoms with E-state index in [4.69, 9.17) is 5.73 Å². The fourth-order valence-electron chi connectivity index (χ4n) is 6.40. The molecule has 0 aliphatic carbocycles. The van der Waals surface area contributed by atoms with Gasteiger partial charge in [0.1, 0.15) is 18.1 Å². The van der Waals surface area contributed by atoms with Gasteiger partial charge in [0, 0.05) is 19.0 Å². The van der Waals surface area contributed by atoms with Gasteiger partial charge in [-0.15, -0.1) is 0 Å². The average molecular weight is 626 g/mol. The number of hydrogen-bond donors (Lipinski definition) is 4. The Morgan fingerprint density at radius 1 is 0.933 bits per heavy atom. The first kappa shape index (κ1) is 33.9. The minimum atomic E-state index is -0.915. The van der Waals surface area contributed by atoms with E-state index in [0.29, 0.717) is 51.7 Å². The van der Waals surface area contributed by atoms with Crippen LogP contribution in [0.2, 0.25) is 0 Å². The largest absolute Gasteiger partial charge is 0.369 e. The zero-order valence-corrected chi connectivity index (χ0v) is 26.5. The van der Waals surface area contributed by atoms with Crippen molar-refractivity contribution in [2.45, 2.75) is 77.0 Å². The van der Waals surface area contributed by atoms with Gasteiger partial charge in [0.2, 0.25) is 35.4 Å². The maximum Gasteiger partial charge on any atom is 0.245 e. The highest BCUT2D eigenvalue weighted by Crippen LogP contribution is 2.20. The predicted octanol–water partition coefficient (Wildman–Crippen LogP) is -0.610. The number of hydrogen-bond acceptors (Lipinski definition) is 7. The average Bonchev–Trinajstić information content (AvgIpc) is 3.49. The van der Waals surface area contributed by atoms with Gasteiger partial charge in [0.05, 0.1) is 19.1 Å². The number of rotatable bonds is 6. The van der Waals surface area contributed by atoms with Crippen molar-refractivity contribution >= 4 is 35.4 Å². The smallest absolute Gasteiger partial charge is 0.245 e. The van der Waals surface area contributed by atoms with Gasteiger partial charge in [0.25, 0.3) is 0 Å². The van der Waals surface area contributed by atoms with E-state index in [1.807, 2.05) is 49.1 Å².